The van der Waals surface area contributed by atoms with Crippen molar-refractivity contribution in [2.24, 2.45) is 23.2 Å². The van der Waals surface area contributed by atoms with Crippen molar-refractivity contribution in [2.45, 2.75) is 70.4 Å². The standard InChI is InChI=1S/C17H29NO/c1-12(18-4-2-3-5-18)16(19)17-9-13-6-14(10-17)8-15(7-13)11-17/h12-16,19H,2-11H2,1H3/t12-,13?,14?,15?,16+,17?/m1/s1. The van der Waals surface area contributed by atoms with Crippen LogP contribution in [0.1, 0.15) is 58.3 Å². The van der Waals surface area contributed by atoms with Gasteiger partial charge in [0.05, 0.1) is 6.10 Å². The summed E-state index contributed by atoms with van der Waals surface area (Å²) < 4.78 is 0. The van der Waals surface area contributed by atoms with Crippen LogP contribution in [0.15, 0.2) is 0 Å². The van der Waals surface area contributed by atoms with E-state index in [4.69, 9.17) is 0 Å². The topological polar surface area (TPSA) is 23.5 Å². The van der Waals surface area contributed by atoms with Gasteiger partial charge < -0.3 is 5.11 Å². The van der Waals surface area contributed by atoms with Gasteiger partial charge in [-0.2, -0.15) is 0 Å². The number of rotatable bonds is 3. The van der Waals surface area contributed by atoms with Crippen molar-refractivity contribution in [3.8, 4) is 0 Å². The van der Waals surface area contributed by atoms with Gasteiger partial charge in [-0.3, -0.25) is 4.90 Å². The zero-order chi connectivity index (χ0) is 13.0. The Hall–Kier alpha value is -0.0800. The summed E-state index contributed by atoms with van der Waals surface area (Å²) in [5.41, 5.74) is 0.302. The molecule has 1 N–H and O–H groups in total. The molecule has 0 radical (unpaired) electrons. The fourth-order valence-electron chi connectivity index (χ4n) is 6.40. The van der Waals surface area contributed by atoms with E-state index < -0.39 is 0 Å². The van der Waals surface area contributed by atoms with Crippen LogP contribution in [0.2, 0.25) is 0 Å². The monoisotopic (exact) mass is 263 g/mol. The molecule has 1 saturated heterocycles. The van der Waals surface area contributed by atoms with E-state index in [1.807, 2.05) is 0 Å². The quantitative estimate of drug-likeness (QED) is 0.846. The van der Waals surface area contributed by atoms with E-state index in [9.17, 15) is 5.11 Å². The lowest BCUT2D eigenvalue weighted by Gasteiger charge is -2.59. The molecule has 4 aliphatic carbocycles. The third-order valence-corrected chi connectivity index (χ3v) is 6.89. The van der Waals surface area contributed by atoms with Gasteiger partial charge in [-0.1, -0.05) is 0 Å². The number of likely N-dealkylation sites (tertiary alicyclic amines) is 1. The van der Waals surface area contributed by atoms with Crippen molar-refractivity contribution in [2.75, 3.05) is 13.1 Å². The number of aliphatic hydroxyl groups is 1. The zero-order valence-corrected chi connectivity index (χ0v) is 12.4. The molecule has 5 rings (SSSR count). The van der Waals surface area contributed by atoms with Crippen LogP contribution in [0, 0.1) is 23.2 Å². The van der Waals surface area contributed by atoms with Gasteiger partial charge in [-0.25, -0.2) is 0 Å². The van der Waals surface area contributed by atoms with E-state index in [1.165, 1.54) is 64.5 Å². The Morgan fingerprint density at radius 3 is 1.89 bits per heavy atom. The summed E-state index contributed by atoms with van der Waals surface area (Å²) in [7, 11) is 0. The second-order valence-electron chi connectivity index (χ2n) is 8.21. The molecule has 0 aromatic carbocycles. The van der Waals surface area contributed by atoms with Crippen LogP contribution in [-0.4, -0.2) is 35.2 Å². The largest absolute Gasteiger partial charge is 0.391 e. The summed E-state index contributed by atoms with van der Waals surface area (Å²) in [6, 6.07) is 0.388. The van der Waals surface area contributed by atoms with Crippen LogP contribution in [-0.2, 0) is 0 Å². The van der Waals surface area contributed by atoms with Gasteiger partial charge in [0.25, 0.3) is 0 Å². The molecule has 4 saturated carbocycles. The Morgan fingerprint density at radius 2 is 1.42 bits per heavy atom. The second kappa shape index (κ2) is 4.46. The van der Waals surface area contributed by atoms with Gasteiger partial charge in [0.1, 0.15) is 0 Å². The van der Waals surface area contributed by atoms with Gasteiger partial charge in [0.2, 0.25) is 0 Å². The van der Waals surface area contributed by atoms with Gasteiger partial charge in [-0.15, -0.1) is 0 Å². The molecule has 19 heavy (non-hydrogen) atoms. The number of aliphatic hydroxyl groups excluding tert-OH is 1. The molecule has 0 spiro atoms. The van der Waals surface area contributed by atoms with E-state index in [1.54, 1.807) is 0 Å². The highest BCUT2D eigenvalue weighted by atomic mass is 16.3. The molecule has 108 valence electrons. The van der Waals surface area contributed by atoms with Gasteiger partial charge in [0, 0.05) is 6.04 Å². The molecule has 1 heterocycles. The third-order valence-electron chi connectivity index (χ3n) is 6.89. The van der Waals surface area contributed by atoms with E-state index in [0.717, 1.165) is 17.8 Å². The molecule has 5 aliphatic rings. The van der Waals surface area contributed by atoms with Crippen LogP contribution >= 0.6 is 0 Å². The number of nitrogens with zero attached hydrogens (tertiary/aromatic N) is 1. The molecular weight excluding hydrogens is 234 g/mol. The highest BCUT2D eigenvalue weighted by Crippen LogP contribution is 2.61. The van der Waals surface area contributed by atoms with Crippen molar-refractivity contribution in [3.63, 3.8) is 0 Å². The summed E-state index contributed by atoms with van der Waals surface area (Å²) in [5, 5.41) is 11.1. The molecule has 5 fully saturated rings. The van der Waals surface area contributed by atoms with Crippen LogP contribution < -0.4 is 0 Å². The average molecular weight is 263 g/mol. The molecule has 2 heteroatoms. The summed E-state index contributed by atoms with van der Waals surface area (Å²) >= 11 is 0. The smallest absolute Gasteiger partial charge is 0.0749 e. The van der Waals surface area contributed by atoms with E-state index in [-0.39, 0.29) is 6.10 Å². The highest BCUT2D eigenvalue weighted by molar-refractivity contribution is 5.06. The molecule has 1 aliphatic heterocycles. The predicted octanol–water partition coefficient (Wildman–Crippen LogP) is 3.05. The summed E-state index contributed by atoms with van der Waals surface area (Å²) in [6.07, 6.45) is 11.0. The molecule has 0 aromatic rings. The lowest BCUT2D eigenvalue weighted by atomic mass is 9.47. The Morgan fingerprint density at radius 1 is 0.947 bits per heavy atom. The molecule has 2 nitrogen and oxygen atoms in total. The molecule has 4 bridgehead atoms. The maximum atomic E-state index is 11.1. The first kappa shape index (κ1) is 12.6. The lowest BCUT2D eigenvalue weighted by Crippen LogP contribution is -2.57. The molecule has 0 aromatic heterocycles. The van der Waals surface area contributed by atoms with Crippen molar-refractivity contribution in [3.05, 3.63) is 0 Å². The summed E-state index contributed by atoms with van der Waals surface area (Å²) in [6.45, 7) is 4.71. The number of hydrogen-bond donors (Lipinski definition) is 1. The summed E-state index contributed by atoms with van der Waals surface area (Å²) in [5.74, 6) is 2.85. The Labute approximate surface area is 117 Å². The summed E-state index contributed by atoms with van der Waals surface area (Å²) in [4.78, 5) is 2.54. The van der Waals surface area contributed by atoms with E-state index in [2.05, 4.69) is 11.8 Å². The Bertz CT molecular complexity index is 312. The zero-order valence-electron chi connectivity index (χ0n) is 12.4. The molecule has 0 amide bonds. The SMILES string of the molecule is C[C@H]([C@H](O)C12CC3CC(CC(C3)C1)C2)N1CCCC1. The first-order valence-electron chi connectivity index (χ1n) is 8.58. The first-order chi connectivity index (χ1) is 9.16. The van der Waals surface area contributed by atoms with Crippen LogP contribution in [0.25, 0.3) is 0 Å². The normalized spacial score (nSPS) is 48.6. The van der Waals surface area contributed by atoms with Crippen molar-refractivity contribution in [1.29, 1.82) is 0 Å². The molecule has 0 unspecified atom stereocenters. The minimum atomic E-state index is -0.0704. The Balaban J connectivity index is 1.53. The Kier molecular flexibility index (Phi) is 2.97. The van der Waals surface area contributed by atoms with Crippen LogP contribution in [0.4, 0.5) is 0 Å². The van der Waals surface area contributed by atoms with Gasteiger partial charge in [-0.05, 0) is 94.5 Å². The molecular formula is C17H29NO. The lowest BCUT2D eigenvalue weighted by molar-refractivity contribution is -0.139. The fourth-order valence-corrected chi connectivity index (χ4v) is 6.40. The minimum Gasteiger partial charge on any atom is -0.391 e. The minimum absolute atomic E-state index is 0.0704. The van der Waals surface area contributed by atoms with Gasteiger partial charge in [0.15, 0.2) is 0 Å². The first-order valence-corrected chi connectivity index (χ1v) is 8.58. The highest BCUT2D eigenvalue weighted by Gasteiger charge is 2.55. The second-order valence-corrected chi connectivity index (χ2v) is 8.21. The van der Waals surface area contributed by atoms with Crippen molar-refractivity contribution >= 4 is 0 Å². The predicted molar refractivity (Wildman–Crippen MR) is 76.9 cm³/mol. The fraction of sp³-hybridized carbons (Fsp3) is 1.00. The van der Waals surface area contributed by atoms with Crippen LogP contribution in [0.3, 0.4) is 0 Å². The maximum absolute atomic E-state index is 11.1. The van der Waals surface area contributed by atoms with Crippen molar-refractivity contribution in [1.82, 2.24) is 4.90 Å². The third kappa shape index (κ3) is 1.98. The van der Waals surface area contributed by atoms with Crippen LogP contribution in [0.5, 0.6) is 0 Å². The molecule has 2 atom stereocenters. The van der Waals surface area contributed by atoms with Gasteiger partial charge >= 0.3 is 0 Å². The number of hydrogen-bond acceptors (Lipinski definition) is 2. The van der Waals surface area contributed by atoms with Crippen molar-refractivity contribution < 1.29 is 5.11 Å². The average Bonchev–Trinajstić information content (AvgIpc) is 2.89. The maximum Gasteiger partial charge on any atom is 0.0749 e. The van der Waals surface area contributed by atoms with E-state index in [0.29, 0.717) is 11.5 Å². The van der Waals surface area contributed by atoms with E-state index >= 15 is 0 Å².